The van der Waals surface area contributed by atoms with E-state index in [0.717, 1.165) is 31.8 Å². The summed E-state index contributed by atoms with van der Waals surface area (Å²) in [4.78, 5) is 12.8. The van der Waals surface area contributed by atoms with E-state index < -0.39 is 6.10 Å². The first-order valence-corrected chi connectivity index (χ1v) is 9.77. The van der Waals surface area contributed by atoms with E-state index in [-0.39, 0.29) is 11.3 Å². The molecule has 1 aliphatic heterocycles. The molecule has 0 spiro atoms. The third-order valence-corrected chi connectivity index (χ3v) is 5.40. The van der Waals surface area contributed by atoms with Crippen molar-refractivity contribution >= 4 is 5.91 Å². The van der Waals surface area contributed by atoms with Gasteiger partial charge in [-0.25, -0.2) is 0 Å². The number of rotatable bonds is 7. The van der Waals surface area contributed by atoms with Crippen molar-refractivity contribution in [3.63, 3.8) is 0 Å². The number of hydrogen-bond donors (Lipinski definition) is 1. The molecule has 1 amide bonds. The Morgan fingerprint density at radius 2 is 1.78 bits per heavy atom. The highest BCUT2D eigenvalue weighted by Gasteiger charge is 2.35. The van der Waals surface area contributed by atoms with E-state index in [1.807, 2.05) is 44.2 Å². The topological polar surface area (TPSA) is 47.6 Å². The van der Waals surface area contributed by atoms with Crippen LogP contribution in [0, 0.1) is 6.92 Å². The zero-order chi connectivity index (χ0) is 19.1. The number of carbonyl (C=O) groups excluding carboxylic acids is 1. The zero-order valence-electron chi connectivity index (χ0n) is 16.2. The molecule has 4 heteroatoms. The van der Waals surface area contributed by atoms with Gasteiger partial charge in [-0.05, 0) is 43.9 Å². The van der Waals surface area contributed by atoms with Gasteiger partial charge in [0.15, 0.2) is 6.10 Å². The lowest BCUT2D eigenvalue weighted by Crippen LogP contribution is -2.48. The van der Waals surface area contributed by atoms with E-state index in [1.165, 1.54) is 11.1 Å². The minimum Gasteiger partial charge on any atom is -0.481 e. The molecule has 144 valence electrons. The van der Waals surface area contributed by atoms with Gasteiger partial charge in [-0.1, -0.05) is 55.0 Å². The first kappa shape index (κ1) is 19.4. The maximum absolute atomic E-state index is 12.8. The van der Waals surface area contributed by atoms with Crippen molar-refractivity contribution in [2.24, 2.45) is 0 Å². The SMILES string of the molecule is CC[C@H](Oc1ccc(C)cc1)C(=O)NCC1(c2ccccc2)CCOCC1. The lowest BCUT2D eigenvalue weighted by atomic mass is 9.74. The van der Waals surface area contributed by atoms with Crippen LogP contribution in [0.25, 0.3) is 0 Å². The van der Waals surface area contributed by atoms with Gasteiger partial charge in [0.2, 0.25) is 0 Å². The average Bonchev–Trinajstić information content (AvgIpc) is 2.73. The molecular formula is C23H29NO3. The second-order valence-corrected chi connectivity index (χ2v) is 7.30. The second-order valence-electron chi connectivity index (χ2n) is 7.30. The molecule has 1 aliphatic rings. The molecule has 2 aromatic rings. The maximum atomic E-state index is 12.8. The summed E-state index contributed by atoms with van der Waals surface area (Å²) >= 11 is 0. The molecule has 1 N–H and O–H groups in total. The monoisotopic (exact) mass is 367 g/mol. The van der Waals surface area contributed by atoms with Crippen LogP contribution in [0.1, 0.15) is 37.3 Å². The summed E-state index contributed by atoms with van der Waals surface area (Å²) in [5.74, 6) is 0.673. The van der Waals surface area contributed by atoms with Crippen LogP contribution >= 0.6 is 0 Å². The summed E-state index contributed by atoms with van der Waals surface area (Å²) in [6.07, 6.45) is 1.96. The van der Waals surface area contributed by atoms with Gasteiger partial charge in [0.05, 0.1) is 0 Å². The van der Waals surface area contributed by atoms with Crippen molar-refractivity contribution in [2.45, 2.75) is 44.6 Å². The zero-order valence-corrected chi connectivity index (χ0v) is 16.2. The van der Waals surface area contributed by atoms with Crippen LogP contribution < -0.4 is 10.1 Å². The Labute approximate surface area is 161 Å². The maximum Gasteiger partial charge on any atom is 0.261 e. The Hall–Kier alpha value is -2.33. The number of nitrogens with one attached hydrogen (secondary N) is 1. The largest absolute Gasteiger partial charge is 0.481 e. The Morgan fingerprint density at radius 1 is 1.11 bits per heavy atom. The molecule has 3 rings (SSSR count). The molecular weight excluding hydrogens is 338 g/mol. The van der Waals surface area contributed by atoms with Crippen molar-refractivity contribution in [3.05, 3.63) is 65.7 Å². The highest BCUT2D eigenvalue weighted by molar-refractivity contribution is 5.81. The van der Waals surface area contributed by atoms with Gasteiger partial charge >= 0.3 is 0 Å². The molecule has 0 bridgehead atoms. The van der Waals surface area contributed by atoms with Crippen molar-refractivity contribution in [1.29, 1.82) is 0 Å². The molecule has 0 unspecified atom stereocenters. The highest BCUT2D eigenvalue weighted by atomic mass is 16.5. The number of amides is 1. The normalized spacial score (nSPS) is 17.1. The van der Waals surface area contributed by atoms with E-state index >= 15 is 0 Å². The van der Waals surface area contributed by atoms with Gasteiger partial charge in [-0.3, -0.25) is 4.79 Å². The van der Waals surface area contributed by atoms with Crippen LogP contribution in [0.3, 0.4) is 0 Å². The van der Waals surface area contributed by atoms with Crippen LogP contribution in [0.2, 0.25) is 0 Å². The van der Waals surface area contributed by atoms with Gasteiger partial charge in [-0.2, -0.15) is 0 Å². The standard InChI is InChI=1S/C23H29NO3/c1-3-21(27-20-11-9-18(2)10-12-20)22(25)24-17-23(13-15-26-16-14-23)19-7-5-4-6-8-19/h4-12,21H,3,13-17H2,1-2H3,(H,24,25)/t21-/m0/s1. The van der Waals surface area contributed by atoms with Crippen LogP contribution in [0.4, 0.5) is 0 Å². The average molecular weight is 367 g/mol. The molecule has 2 aromatic carbocycles. The Balaban J connectivity index is 1.66. The lowest BCUT2D eigenvalue weighted by Gasteiger charge is -2.38. The van der Waals surface area contributed by atoms with E-state index in [1.54, 1.807) is 0 Å². The number of benzene rings is 2. The van der Waals surface area contributed by atoms with E-state index in [4.69, 9.17) is 9.47 Å². The smallest absolute Gasteiger partial charge is 0.261 e. The van der Waals surface area contributed by atoms with Crippen LogP contribution in [-0.4, -0.2) is 31.8 Å². The summed E-state index contributed by atoms with van der Waals surface area (Å²) in [6.45, 7) is 6.06. The number of carbonyl (C=O) groups is 1. The quantitative estimate of drug-likeness (QED) is 0.804. The molecule has 1 atom stereocenters. The Kier molecular flexibility index (Phi) is 6.51. The molecule has 0 aliphatic carbocycles. The summed E-state index contributed by atoms with van der Waals surface area (Å²) < 4.78 is 11.5. The fourth-order valence-corrected chi connectivity index (χ4v) is 3.59. The molecule has 0 radical (unpaired) electrons. The minimum atomic E-state index is -0.486. The minimum absolute atomic E-state index is 0.0557. The van der Waals surface area contributed by atoms with Gasteiger partial charge in [0.1, 0.15) is 5.75 Å². The van der Waals surface area contributed by atoms with Crippen molar-refractivity contribution in [1.82, 2.24) is 5.32 Å². The Morgan fingerprint density at radius 3 is 2.41 bits per heavy atom. The highest BCUT2D eigenvalue weighted by Crippen LogP contribution is 2.34. The summed E-state index contributed by atoms with van der Waals surface area (Å²) in [5, 5.41) is 3.15. The fourth-order valence-electron chi connectivity index (χ4n) is 3.59. The predicted octanol–water partition coefficient (Wildman–Crippen LogP) is 4.02. The lowest BCUT2D eigenvalue weighted by molar-refractivity contribution is -0.128. The molecule has 1 saturated heterocycles. The Bertz CT molecular complexity index is 721. The molecule has 27 heavy (non-hydrogen) atoms. The first-order chi connectivity index (χ1) is 13.1. The van der Waals surface area contributed by atoms with Gasteiger partial charge < -0.3 is 14.8 Å². The van der Waals surface area contributed by atoms with E-state index in [0.29, 0.717) is 13.0 Å². The third-order valence-electron chi connectivity index (χ3n) is 5.40. The molecule has 4 nitrogen and oxygen atoms in total. The number of ether oxygens (including phenoxy) is 2. The molecule has 1 heterocycles. The third kappa shape index (κ3) is 4.89. The first-order valence-electron chi connectivity index (χ1n) is 9.77. The summed E-state index contributed by atoms with van der Waals surface area (Å²) in [7, 11) is 0. The summed E-state index contributed by atoms with van der Waals surface area (Å²) in [5.41, 5.74) is 2.36. The molecule has 1 fully saturated rings. The predicted molar refractivity (Wildman–Crippen MR) is 107 cm³/mol. The van der Waals surface area contributed by atoms with Crippen LogP contribution in [-0.2, 0) is 14.9 Å². The number of aryl methyl sites for hydroxylation is 1. The van der Waals surface area contributed by atoms with Crippen molar-refractivity contribution in [3.8, 4) is 5.75 Å². The van der Waals surface area contributed by atoms with Crippen molar-refractivity contribution < 1.29 is 14.3 Å². The summed E-state index contributed by atoms with van der Waals surface area (Å²) in [6, 6.07) is 18.3. The van der Waals surface area contributed by atoms with E-state index in [9.17, 15) is 4.79 Å². The van der Waals surface area contributed by atoms with Gasteiger partial charge in [-0.15, -0.1) is 0 Å². The van der Waals surface area contributed by atoms with Gasteiger partial charge in [0, 0.05) is 25.2 Å². The fraction of sp³-hybridized carbons (Fsp3) is 0.435. The number of hydrogen-bond acceptors (Lipinski definition) is 3. The van der Waals surface area contributed by atoms with Crippen LogP contribution in [0.15, 0.2) is 54.6 Å². The van der Waals surface area contributed by atoms with E-state index in [2.05, 4.69) is 29.6 Å². The molecule has 0 aromatic heterocycles. The van der Waals surface area contributed by atoms with Gasteiger partial charge in [0.25, 0.3) is 5.91 Å². The van der Waals surface area contributed by atoms with Crippen molar-refractivity contribution in [2.75, 3.05) is 19.8 Å². The molecule has 0 saturated carbocycles. The van der Waals surface area contributed by atoms with Crippen LogP contribution in [0.5, 0.6) is 5.75 Å². The second kappa shape index (κ2) is 9.05.